The number of para-hydroxylation sites is 1. The molecule has 1 fully saturated rings. The number of amides is 1. The van der Waals surface area contributed by atoms with Crippen LogP contribution in [0.5, 0.6) is 0 Å². The summed E-state index contributed by atoms with van der Waals surface area (Å²) in [5.74, 6) is -0.0713. The van der Waals surface area contributed by atoms with Crippen LogP contribution in [0, 0.1) is 22.7 Å². The second kappa shape index (κ2) is 5.63. The van der Waals surface area contributed by atoms with E-state index in [4.69, 9.17) is 5.26 Å². The summed E-state index contributed by atoms with van der Waals surface area (Å²) in [5.41, 5.74) is 1.25. The topological polar surface area (TPSA) is 71.1 Å². The minimum absolute atomic E-state index is 0.0455. The van der Waals surface area contributed by atoms with E-state index >= 15 is 0 Å². The van der Waals surface area contributed by atoms with E-state index in [0.717, 1.165) is 5.69 Å². The van der Waals surface area contributed by atoms with Crippen molar-refractivity contribution in [3.05, 3.63) is 29.8 Å². The van der Waals surface area contributed by atoms with Crippen LogP contribution in [0.2, 0.25) is 0 Å². The van der Waals surface area contributed by atoms with Gasteiger partial charge in [0.05, 0.1) is 23.7 Å². The molecule has 102 valence electrons. The summed E-state index contributed by atoms with van der Waals surface area (Å²) in [6, 6.07) is 10.9. The summed E-state index contributed by atoms with van der Waals surface area (Å²) in [5, 5.41) is 18.2. The lowest BCUT2D eigenvalue weighted by atomic mass is 10.0. The fourth-order valence-corrected chi connectivity index (χ4v) is 2.49. The minimum atomic E-state index is -0.518. The van der Waals surface area contributed by atoms with Crippen molar-refractivity contribution >= 4 is 11.6 Å². The number of carbonyl (C=O) groups is 1. The number of hydrogen-bond acceptors (Lipinski definition) is 4. The van der Waals surface area contributed by atoms with Crippen LogP contribution in [-0.2, 0) is 4.79 Å². The number of piperazine rings is 1. The third kappa shape index (κ3) is 2.31. The number of anilines is 1. The molecule has 0 spiro atoms. The highest BCUT2D eigenvalue weighted by Gasteiger charge is 2.37. The Morgan fingerprint density at radius 1 is 1.35 bits per heavy atom. The number of benzene rings is 1. The van der Waals surface area contributed by atoms with Gasteiger partial charge in [0.25, 0.3) is 0 Å². The minimum Gasteiger partial charge on any atom is -0.356 e. The van der Waals surface area contributed by atoms with Crippen molar-refractivity contribution in [1.82, 2.24) is 4.90 Å². The van der Waals surface area contributed by atoms with Crippen LogP contribution in [-0.4, -0.2) is 36.5 Å². The first kappa shape index (κ1) is 13.9. The number of hydrogen-bond donors (Lipinski definition) is 0. The Balaban J connectivity index is 2.44. The average Bonchev–Trinajstić information content (AvgIpc) is 2.47. The molecule has 2 unspecified atom stereocenters. The van der Waals surface area contributed by atoms with Crippen molar-refractivity contribution in [3.63, 3.8) is 0 Å². The van der Waals surface area contributed by atoms with E-state index in [2.05, 4.69) is 12.1 Å². The zero-order chi connectivity index (χ0) is 14.7. The van der Waals surface area contributed by atoms with Gasteiger partial charge in [0, 0.05) is 19.6 Å². The van der Waals surface area contributed by atoms with Crippen LogP contribution in [0.25, 0.3) is 0 Å². The molecule has 0 N–H and O–H groups in total. The predicted molar refractivity (Wildman–Crippen MR) is 74.8 cm³/mol. The molecular formula is C15H16N4O. The smallest absolute Gasteiger partial charge is 0.246 e. The second-order valence-corrected chi connectivity index (χ2v) is 4.96. The van der Waals surface area contributed by atoms with Crippen molar-refractivity contribution in [1.29, 1.82) is 10.5 Å². The Morgan fingerprint density at radius 3 is 2.70 bits per heavy atom. The van der Waals surface area contributed by atoms with Gasteiger partial charge >= 0.3 is 0 Å². The van der Waals surface area contributed by atoms with Crippen molar-refractivity contribution in [2.45, 2.75) is 25.4 Å². The van der Waals surface area contributed by atoms with Gasteiger partial charge in [-0.25, -0.2) is 0 Å². The summed E-state index contributed by atoms with van der Waals surface area (Å²) in [6.45, 7) is 2.58. The van der Waals surface area contributed by atoms with Crippen LogP contribution < -0.4 is 4.90 Å². The average molecular weight is 268 g/mol. The molecule has 20 heavy (non-hydrogen) atoms. The Hall–Kier alpha value is -2.53. The SMILES string of the molecule is CC1CN(c2ccccc2C#N)C(CC#N)C(=O)N1C. The Morgan fingerprint density at radius 2 is 2.05 bits per heavy atom. The van der Waals surface area contributed by atoms with Gasteiger partial charge in [-0.3, -0.25) is 4.79 Å². The molecule has 1 aliphatic heterocycles. The molecular weight excluding hydrogens is 252 g/mol. The van der Waals surface area contributed by atoms with E-state index in [-0.39, 0.29) is 18.4 Å². The zero-order valence-electron chi connectivity index (χ0n) is 11.6. The van der Waals surface area contributed by atoms with Crippen molar-refractivity contribution < 1.29 is 4.79 Å². The van der Waals surface area contributed by atoms with Gasteiger partial charge in [-0.05, 0) is 19.1 Å². The molecule has 5 heteroatoms. The summed E-state index contributed by atoms with van der Waals surface area (Å²) in [6.07, 6.45) is 0.121. The van der Waals surface area contributed by atoms with Crippen molar-refractivity contribution in [2.75, 3.05) is 18.5 Å². The fraction of sp³-hybridized carbons (Fsp3) is 0.400. The lowest BCUT2D eigenvalue weighted by molar-refractivity contribution is -0.134. The molecule has 0 saturated carbocycles. The molecule has 2 rings (SSSR count). The van der Waals surface area contributed by atoms with E-state index < -0.39 is 6.04 Å². The molecule has 1 aromatic carbocycles. The van der Waals surface area contributed by atoms with Crippen LogP contribution >= 0.6 is 0 Å². The molecule has 1 heterocycles. The van der Waals surface area contributed by atoms with Gasteiger partial charge in [-0.2, -0.15) is 10.5 Å². The number of likely N-dealkylation sites (N-methyl/N-ethyl adjacent to an activating group) is 1. The van der Waals surface area contributed by atoms with E-state index in [9.17, 15) is 10.1 Å². The highest BCUT2D eigenvalue weighted by Crippen LogP contribution is 2.27. The van der Waals surface area contributed by atoms with Crippen LogP contribution in [0.15, 0.2) is 24.3 Å². The standard InChI is InChI=1S/C15H16N4O/c1-11-10-19(13-6-4-3-5-12(13)9-17)14(7-8-16)15(20)18(11)2/h3-6,11,14H,7,10H2,1-2H3. The maximum atomic E-state index is 12.4. The first-order chi connectivity index (χ1) is 9.60. The molecule has 1 amide bonds. The lowest BCUT2D eigenvalue weighted by Crippen LogP contribution is -2.59. The number of rotatable bonds is 2. The first-order valence-electron chi connectivity index (χ1n) is 6.49. The van der Waals surface area contributed by atoms with Gasteiger partial charge in [0.1, 0.15) is 12.1 Å². The van der Waals surface area contributed by atoms with Gasteiger partial charge < -0.3 is 9.80 Å². The number of nitrogens with zero attached hydrogens (tertiary/aromatic N) is 4. The highest BCUT2D eigenvalue weighted by molar-refractivity contribution is 5.87. The van der Waals surface area contributed by atoms with Gasteiger partial charge in [-0.15, -0.1) is 0 Å². The highest BCUT2D eigenvalue weighted by atomic mass is 16.2. The predicted octanol–water partition coefficient (Wildman–Crippen LogP) is 1.51. The van der Waals surface area contributed by atoms with E-state index in [1.165, 1.54) is 0 Å². The Bertz CT molecular complexity index is 599. The molecule has 0 aromatic heterocycles. The normalized spacial score (nSPS) is 22.3. The lowest BCUT2D eigenvalue weighted by Gasteiger charge is -2.43. The molecule has 5 nitrogen and oxygen atoms in total. The van der Waals surface area contributed by atoms with E-state index in [1.54, 1.807) is 24.1 Å². The largest absolute Gasteiger partial charge is 0.356 e. The quantitative estimate of drug-likeness (QED) is 0.815. The monoisotopic (exact) mass is 268 g/mol. The van der Waals surface area contributed by atoms with Crippen molar-refractivity contribution in [2.24, 2.45) is 0 Å². The summed E-state index contributed by atoms with van der Waals surface area (Å²) in [7, 11) is 1.75. The number of carbonyl (C=O) groups excluding carboxylic acids is 1. The first-order valence-corrected chi connectivity index (χ1v) is 6.49. The molecule has 1 aliphatic rings. The molecule has 1 aromatic rings. The summed E-state index contributed by atoms with van der Waals surface area (Å²) >= 11 is 0. The summed E-state index contributed by atoms with van der Waals surface area (Å²) in [4.78, 5) is 15.9. The van der Waals surface area contributed by atoms with Crippen molar-refractivity contribution in [3.8, 4) is 12.1 Å². The Kier molecular flexibility index (Phi) is 3.91. The number of nitriles is 2. The van der Waals surface area contributed by atoms with Gasteiger partial charge in [0.2, 0.25) is 5.91 Å². The third-order valence-corrected chi connectivity index (χ3v) is 3.75. The van der Waals surface area contributed by atoms with Gasteiger partial charge in [-0.1, -0.05) is 12.1 Å². The van der Waals surface area contributed by atoms with Gasteiger partial charge in [0.15, 0.2) is 0 Å². The zero-order valence-corrected chi connectivity index (χ0v) is 11.6. The van der Waals surface area contributed by atoms with Crippen LogP contribution in [0.1, 0.15) is 18.9 Å². The Labute approximate surface area is 118 Å². The maximum absolute atomic E-state index is 12.4. The maximum Gasteiger partial charge on any atom is 0.246 e. The third-order valence-electron chi connectivity index (χ3n) is 3.75. The van der Waals surface area contributed by atoms with Crippen LogP contribution in [0.3, 0.4) is 0 Å². The fourth-order valence-electron chi connectivity index (χ4n) is 2.49. The summed E-state index contributed by atoms with van der Waals surface area (Å²) < 4.78 is 0. The molecule has 0 bridgehead atoms. The second-order valence-electron chi connectivity index (χ2n) is 4.96. The van der Waals surface area contributed by atoms with E-state index in [0.29, 0.717) is 12.1 Å². The molecule has 1 saturated heterocycles. The van der Waals surface area contributed by atoms with E-state index in [1.807, 2.05) is 24.0 Å². The molecule has 0 radical (unpaired) electrons. The van der Waals surface area contributed by atoms with Crippen LogP contribution in [0.4, 0.5) is 5.69 Å². The molecule has 2 atom stereocenters. The molecule has 0 aliphatic carbocycles.